The van der Waals surface area contributed by atoms with Crippen molar-refractivity contribution in [3.05, 3.63) is 48.1 Å². The lowest BCUT2D eigenvalue weighted by atomic mass is 10.2. The molecular formula is C11H12N2O. The number of carbonyl (C=O) groups is 1. The van der Waals surface area contributed by atoms with E-state index in [0.717, 1.165) is 11.3 Å². The molecule has 0 saturated heterocycles. The molecule has 1 aromatic rings. The summed E-state index contributed by atoms with van der Waals surface area (Å²) in [6, 6.07) is 7.42. The van der Waals surface area contributed by atoms with Crippen molar-refractivity contribution < 1.29 is 4.79 Å². The smallest absolute Gasteiger partial charge is 0.241 e. The zero-order valence-corrected chi connectivity index (χ0v) is 7.68. The first-order chi connectivity index (χ1) is 6.68. The Kier molecular flexibility index (Phi) is 3.49. The van der Waals surface area contributed by atoms with Gasteiger partial charge >= 0.3 is 0 Å². The third-order valence-corrected chi connectivity index (χ3v) is 1.60. The molecule has 0 radical (unpaired) electrons. The lowest BCUT2D eigenvalue weighted by Crippen LogP contribution is -2.04. The molecule has 0 fully saturated rings. The van der Waals surface area contributed by atoms with E-state index in [-0.39, 0.29) is 0 Å². The van der Waals surface area contributed by atoms with Gasteiger partial charge in [-0.25, -0.2) is 0 Å². The molecule has 0 spiro atoms. The first kappa shape index (κ1) is 10.1. The van der Waals surface area contributed by atoms with Crippen LogP contribution in [0.1, 0.15) is 5.56 Å². The lowest BCUT2D eigenvalue weighted by Gasteiger charge is -1.93. The first-order valence-corrected chi connectivity index (χ1v) is 4.18. The number of nitrogens with two attached hydrogens (primary N) is 2. The van der Waals surface area contributed by atoms with Crippen LogP contribution in [0.4, 0.5) is 5.69 Å². The highest BCUT2D eigenvalue weighted by Gasteiger charge is 1.85. The van der Waals surface area contributed by atoms with E-state index in [1.54, 1.807) is 12.2 Å². The van der Waals surface area contributed by atoms with Crippen LogP contribution in [0.2, 0.25) is 0 Å². The number of anilines is 1. The Morgan fingerprint density at radius 1 is 1.14 bits per heavy atom. The van der Waals surface area contributed by atoms with Gasteiger partial charge in [0.15, 0.2) is 0 Å². The Balaban J connectivity index is 2.60. The van der Waals surface area contributed by atoms with Crippen molar-refractivity contribution in [2.24, 2.45) is 5.73 Å². The molecule has 0 aromatic heterocycles. The van der Waals surface area contributed by atoms with Crippen molar-refractivity contribution in [1.82, 2.24) is 0 Å². The van der Waals surface area contributed by atoms with Gasteiger partial charge in [0.05, 0.1) is 0 Å². The molecule has 0 heterocycles. The SMILES string of the molecule is NC(=O)C=CC=Cc1ccc(N)cc1. The molecule has 0 aliphatic carbocycles. The molecule has 3 heteroatoms. The van der Waals surface area contributed by atoms with E-state index >= 15 is 0 Å². The number of primary amides is 1. The highest BCUT2D eigenvalue weighted by atomic mass is 16.1. The number of carbonyl (C=O) groups excluding carboxylic acids is 1. The van der Waals surface area contributed by atoms with Gasteiger partial charge in [-0.2, -0.15) is 0 Å². The molecule has 0 unspecified atom stereocenters. The summed E-state index contributed by atoms with van der Waals surface area (Å²) < 4.78 is 0. The monoisotopic (exact) mass is 188 g/mol. The first-order valence-electron chi connectivity index (χ1n) is 4.18. The molecule has 14 heavy (non-hydrogen) atoms. The molecule has 0 saturated carbocycles. The van der Waals surface area contributed by atoms with Gasteiger partial charge in [0.1, 0.15) is 0 Å². The third-order valence-electron chi connectivity index (χ3n) is 1.60. The summed E-state index contributed by atoms with van der Waals surface area (Å²) in [5.41, 5.74) is 12.2. The second kappa shape index (κ2) is 4.87. The molecule has 1 aromatic carbocycles. The average molecular weight is 188 g/mol. The van der Waals surface area contributed by atoms with E-state index in [4.69, 9.17) is 11.5 Å². The van der Waals surface area contributed by atoms with E-state index in [1.807, 2.05) is 30.3 Å². The van der Waals surface area contributed by atoms with E-state index < -0.39 is 5.91 Å². The summed E-state index contributed by atoms with van der Waals surface area (Å²) in [7, 11) is 0. The summed E-state index contributed by atoms with van der Waals surface area (Å²) in [6.45, 7) is 0. The number of nitrogen functional groups attached to an aromatic ring is 1. The van der Waals surface area contributed by atoms with Gasteiger partial charge in [-0.3, -0.25) is 4.79 Å². The number of allylic oxidation sites excluding steroid dienone is 2. The van der Waals surface area contributed by atoms with Crippen LogP contribution in [-0.4, -0.2) is 5.91 Å². The number of amides is 1. The van der Waals surface area contributed by atoms with Crippen LogP contribution in [0.25, 0.3) is 6.08 Å². The molecular weight excluding hydrogens is 176 g/mol. The predicted molar refractivity (Wildman–Crippen MR) is 58.2 cm³/mol. The van der Waals surface area contributed by atoms with Crippen LogP contribution >= 0.6 is 0 Å². The maximum absolute atomic E-state index is 10.3. The van der Waals surface area contributed by atoms with Crippen molar-refractivity contribution in [3.8, 4) is 0 Å². The Morgan fingerprint density at radius 2 is 1.79 bits per heavy atom. The predicted octanol–water partition coefficient (Wildman–Crippen LogP) is 1.32. The normalized spacial score (nSPS) is 11.1. The van der Waals surface area contributed by atoms with Crippen LogP contribution in [-0.2, 0) is 4.79 Å². The van der Waals surface area contributed by atoms with Crippen LogP contribution in [0, 0.1) is 0 Å². The minimum atomic E-state index is -0.452. The molecule has 1 amide bonds. The van der Waals surface area contributed by atoms with Gasteiger partial charge in [-0.1, -0.05) is 30.4 Å². The van der Waals surface area contributed by atoms with Crippen LogP contribution in [0.3, 0.4) is 0 Å². The van der Waals surface area contributed by atoms with E-state index in [0.29, 0.717) is 0 Å². The zero-order chi connectivity index (χ0) is 10.4. The van der Waals surface area contributed by atoms with Crippen molar-refractivity contribution >= 4 is 17.7 Å². The zero-order valence-electron chi connectivity index (χ0n) is 7.68. The van der Waals surface area contributed by atoms with E-state index in [9.17, 15) is 4.79 Å². The summed E-state index contributed by atoms with van der Waals surface area (Å²) in [5, 5.41) is 0. The molecule has 0 atom stereocenters. The van der Waals surface area contributed by atoms with Crippen LogP contribution in [0.5, 0.6) is 0 Å². The fourth-order valence-corrected chi connectivity index (χ4v) is 0.924. The number of rotatable bonds is 3. The molecule has 72 valence electrons. The van der Waals surface area contributed by atoms with Crippen molar-refractivity contribution in [3.63, 3.8) is 0 Å². The number of benzene rings is 1. The van der Waals surface area contributed by atoms with Crippen LogP contribution in [0.15, 0.2) is 42.5 Å². The fourth-order valence-electron chi connectivity index (χ4n) is 0.924. The molecule has 0 bridgehead atoms. The van der Waals surface area contributed by atoms with Crippen LogP contribution < -0.4 is 11.5 Å². The van der Waals surface area contributed by atoms with Gasteiger partial charge in [0.25, 0.3) is 0 Å². The average Bonchev–Trinajstić information content (AvgIpc) is 2.15. The van der Waals surface area contributed by atoms with Gasteiger partial charge in [0.2, 0.25) is 5.91 Å². The molecule has 1 rings (SSSR count). The number of hydrogen-bond donors (Lipinski definition) is 2. The number of hydrogen-bond acceptors (Lipinski definition) is 2. The van der Waals surface area contributed by atoms with Gasteiger partial charge < -0.3 is 11.5 Å². The standard InChI is InChI=1S/C11H12N2O/c12-10-7-5-9(6-8-10)3-1-2-4-11(13)14/h1-8H,12H2,(H2,13,14). The minimum Gasteiger partial charge on any atom is -0.399 e. The van der Waals surface area contributed by atoms with E-state index in [1.165, 1.54) is 6.08 Å². The Hall–Kier alpha value is -2.03. The largest absolute Gasteiger partial charge is 0.399 e. The quantitative estimate of drug-likeness (QED) is 0.426. The fraction of sp³-hybridized carbons (Fsp3) is 0. The Labute approximate surface area is 82.7 Å². The van der Waals surface area contributed by atoms with Crippen molar-refractivity contribution in [2.45, 2.75) is 0 Å². The molecule has 0 aliphatic rings. The maximum Gasteiger partial charge on any atom is 0.241 e. The second-order valence-corrected chi connectivity index (χ2v) is 2.79. The summed E-state index contributed by atoms with van der Waals surface area (Å²) in [6.07, 6.45) is 6.50. The molecule has 3 nitrogen and oxygen atoms in total. The summed E-state index contributed by atoms with van der Waals surface area (Å²) in [5.74, 6) is -0.452. The topological polar surface area (TPSA) is 69.1 Å². The highest BCUT2D eigenvalue weighted by molar-refractivity contribution is 5.86. The molecule has 4 N–H and O–H groups in total. The third kappa shape index (κ3) is 3.58. The maximum atomic E-state index is 10.3. The molecule has 0 aliphatic heterocycles. The second-order valence-electron chi connectivity index (χ2n) is 2.79. The van der Waals surface area contributed by atoms with Crippen molar-refractivity contribution in [1.29, 1.82) is 0 Å². The lowest BCUT2D eigenvalue weighted by molar-refractivity contribution is -0.113. The van der Waals surface area contributed by atoms with E-state index in [2.05, 4.69) is 0 Å². The highest BCUT2D eigenvalue weighted by Crippen LogP contribution is 2.06. The Morgan fingerprint density at radius 3 is 2.36 bits per heavy atom. The summed E-state index contributed by atoms with van der Waals surface area (Å²) >= 11 is 0. The van der Waals surface area contributed by atoms with Gasteiger partial charge in [0, 0.05) is 11.8 Å². The van der Waals surface area contributed by atoms with Crippen molar-refractivity contribution in [2.75, 3.05) is 5.73 Å². The Bertz CT molecular complexity index is 363. The minimum absolute atomic E-state index is 0.452. The summed E-state index contributed by atoms with van der Waals surface area (Å²) in [4.78, 5) is 10.3. The van der Waals surface area contributed by atoms with Gasteiger partial charge in [-0.15, -0.1) is 0 Å². The van der Waals surface area contributed by atoms with Gasteiger partial charge in [-0.05, 0) is 17.7 Å².